The smallest absolute Gasteiger partial charge is 1.00 e. The third kappa shape index (κ3) is 9.56. The van der Waals surface area contributed by atoms with Crippen molar-refractivity contribution >= 4 is 86.6 Å². The van der Waals surface area contributed by atoms with Crippen LogP contribution in [0.1, 0.15) is 5.71 Å². The zero-order chi connectivity index (χ0) is 0. The molecule has 0 fully saturated rings. The van der Waals surface area contributed by atoms with Crippen LogP contribution in [0.4, 0.5) is 0 Å². The molecule has 0 heterocycles. The minimum atomic E-state index is 0. The molecule has 0 rings (SSSR count). The fraction of sp³-hybridized carbons (Fsp3) is 0. The maximum absolute atomic E-state index is 0. The Morgan fingerprint density at radius 3 is 1.25 bits per heavy atom. The molecular formula is H4BaCaCuHg. The van der Waals surface area contributed by atoms with Gasteiger partial charge in [-0.2, -0.15) is 0 Å². The summed E-state index contributed by atoms with van der Waals surface area (Å²) in [7, 11) is 0. The molecule has 0 aliphatic heterocycles. The second kappa shape index (κ2) is 15.7. The van der Waals surface area contributed by atoms with Gasteiger partial charge in [0.1, 0.15) is 0 Å². The number of rotatable bonds is 0. The molecular weight excluding hydrogens is 442 g/mol. The molecule has 0 unspecified atom stereocenters. The first kappa shape index (κ1) is 23.9. The van der Waals surface area contributed by atoms with E-state index in [0.29, 0.717) is 0 Å². The third-order valence-corrected chi connectivity index (χ3v) is 0. The molecule has 0 nitrogen and oxygen atoms in total. The van der Waals surface area contributed by atoms with Gasteiger partial charge in [0, 0.05) is 44.7 Å². The standard InChI is InChI=1S/Ba.Ca.Cu.Hg.4H/q2*+2;;;4*-1. The van der Waals surface area contributed by atoms with E-state index in [4.69, 9.17) is 0 Å². The SMILES string of the molecule is [Ba+2].[Ca+2].[Cu].[H-].[H-].[H-].[H-].[Hg]. The molecule has 0 aliphatic carbocycles. The predicted octanol–water partition coefficient (Wildman–Crippen LogP) is -0.317. The van der Waals surface area contributed by atoms with E-state index in [1.807, 2.05) is 0 Å². The summed E-state index contributed by atoms with van der Waals surface area (Å²) in [6.45, 7) is 0. The fourth-order valence-electron chi connectivity index (χ4n) is 0. The van der Waals surface area contributed by atoms with E-state index in [1.165, 1.54) is 0 Å². The Hall–Kier alpha value is 4.29. The second-order valence-electron chi connectivity index (χ2n) is 0. The molecule has 0 aromatic heterocycles. The fourth-order valence-corrected chi connectivity index (χ4v) is 0. The van der Waals surface area contributed by atoms with Gasteiger partial charge in [-0.3, -0.25) is 0 Å². The average molecular weight is 446 g/mol. The van der Waals surface area contributed by atoms with E-state index in [1.54, 1.807) is 0 Å². The summed E-state index contributed by atoms with van der Waals surface area (Å²) < 4.78 is 0. The van der Waals surface area contributed by atoms with Crippen LogP contribution in [0.25, 0.3) is 0 Å². The molecule has 0 atom stereocenters. The topological polar surface area (TPSA) is 0 Å². The van der Waals surface area contributed by atoms with Crippen LogP contribution >= 0.6 is 0 Å². The van der Waals surface area contributed by atoms with E-state index < -0.39 is 0 Å². The summed E-state index contributed by atoms with van der Waals surface area (Å²) in [6.07, 6.45) is 0. The molecule has 0 spiro atoms. The Morgan fingerprint density at radius 1 is 1.25 bits per heavy atom. The molecule has 1 radical (unpaired) electrons. The molecule has 0 aromatic rings. The molecule has 0 bridgehead atoms. The average Bonchev–Trinajstić information content (AvgIpc) is 0. The predicted molar refractivity (Wildman–Crippen MR) is 16.0 cm³/mol. The van der Waals surface area contributed by atoms with E-state index in [2.05, 4.69) is 0 Å². The van der Waals surface area contributed by atoms with Gasteiger partial charge in [-0.05, 0) is 0 Å². The largest absolute Gasteiger partial charge is 2.00 e. The van der Waals surface area contributed by atoms with Gasteiger partial charge >= 0.3 is 86.6 Å². The molecule has 21 valence electrons. The minimum Gasteiger partial charge on any atom is -1.00 e. The first-order chi connectivity index (χ1) is 0. The summed E-state index contributed by atoms with van der Waals surface area (Å²) in [5.74, 6) is 0. The van der Waals surface area contributed by atoms with Gasteiger partial charge in [0.15, 0.2) is 0 Å². The zero-order valence-corrected chi connectivity index (χ0v) is 15.5. The van der Waals surface area contributed by atoms with Gasteiger partial charge in [-0.15, -0.1) is 0 Å². The number of hydrogen-bond acceptors (Lipinski definition) is 0. The Morgan fingerprint density at radius 2 is 1.25 bits per heavy atom. The van der Waals surface area contributed by atoms with Crippen LogP contribution in [0.2, 0.25) is 0 Å². The van der Waals surface area contributed by atoms with Crippen molar-refractivity contribution in [2.45, 2.75) is 0 Å². The Labute approximate surface area is 133 Å². The van der Waals surface area contributed by atoms with Crippen LogP contribution in [-0.4, -0.2) is 86.6 Å². The van der Waals surface area contributed by atoms with E-state index >= 15 is 0 Å². The van der Waals surface area contributed by atoms with Gasteiger partial charge in [-0.1, -0.05) is 0 Å². The van der Waals surface area contributed by atoms with Gasteiger partial charge in [-0.25, -0.2) is 0 Å². The Balaban J connectivity index is 0. The van der Waals surface area contributed by atoms with Crippen molar-refractivity contribution in [1.82, 2.24) is 0 Å². The minimum absolute atomic E-state index is 0. The van der Waals surface area contributed by atoms with Crippen molar-refractivity contribution < 1.29 is 50.4 Å². The van der Waals surface area contributed by atoms with E-state index in [0.717, 1.165) is 0 Å². The normalized spacial score (nSPS) is 0. The molecule has 4 heteroatoms. The Kier molecular flexibility index (Phi) is 93.8. The van der Waals surface area contributed by atoms with Crippen molar-refractivity contribution in [2.75, 3.05) is 0 Å². The molecule has 0 aliphatic rings. The second-order valence-corrected chi connectivity index (χ2v) is 0. The molecule has 0 aromatic carbocycles. The van der Waals surface area contributed by atoms with Crippen LogP contribution in [-0.2, 0) is 44.7 Å². The van der Waals surface area contributed by atoms with Crippen LogP contribution in [0.5, 0.6) is 0 Å². The first-order valence-electron chi connectivity index (χ1n) is 0. The van der Waals surface area contributed by atoms with Gasteiger partial charge in [0.25, 0.3) is 0 Å². The van der Waals surface area contributed by atoms with Crippen LogP contribution in [0.3, 0.4) is 0 Å². The van der Waals surface area contributed by atoms with Crippen molar-refractivity contribution in [3.8, 4) is 0 Å². The van der Waals surface area contributed by atoms with Crippen molar-refractivity contribution in [3.05, 3.63) is 0 Å². The summed E-state index contributed by atoms with van der Waals surface area (Å²) in [5.41, 5.74) is 0. The van der Waals surface area contributed by atoms with Gasteiger partial charge < -0.3 is 5.71 Å². The van der Waals surface area contributed by atoms with E-state index in [-0.39, 0.29) is 137 Å². The van der Waals surface area contributed by atoms with Crippen molar-refractivity contribution in [2.24, 2.45) is 0 Å². The summed E-state index contributed by atoms with van der Waals surface area (Å²) in [6, 6.07) is 0. The summed E-state index contributed by atoms with van der Waals surface area (Å²) in [5, 5.41) is 0. The maximum atomic E-state index is 0. The summed E-state index contributed by atoms with van der Waals surface area (Å²) >= 11 is 0. The van der Waals surface area contributed by atoms with Crippen molar-refractivity contribution in [1.29, 1.82) is 0 Å². The van der Waals surface area contributed by atoms with E-state index in [9.17, 15) is 0 Å². The van der Waals surface area contributed by atoms with Gasteiger partial charge in [0.05, 0.1) is 0 Å². The molecule has 0 N–H and O–H groups in total. The van der Waals surface area contributed by atoms with Gasteiger partial charge in [0.2, 0.25) is 0 Å². The van der Waals surface area contributed by atoms with Crippen molar-refractivity contribution in [3.63, 3.8) is 0 Å². The molecule has 0 saturated heterocycles. The van der Waals surface area contributed by atoms with Crippen LogP contribution < -0.4 is 0 Å². The molecule has 0 amide bonds. The van der Waals surface area contributed by atoms with Crippen LogP contribution in [0, 0.1) is 0 Å². The third-order valence-electron chi connectivity index (χ3n) is 0. The first-order valence-corrected chi connectivity index (χ1v) is 0. The molecule has 4 heavy (non-hydrogen) atoms. The number of hydrogen-bond donors (Lipinski definition) is 0. The monoisotopic (exact) mass is 447 g/mol. The zero-order valence-electron chi connectivity index (χ0n) is 6.42. The molecule has 0 saturated carbocycles. The quantitative estimate of drug-likeness (QED) is 0.449. The van der Waals surface area contributed by atoms with Crippen LogP contribution in [0.15, 0.2) is 0 Å². The Bertz CT molecular complexity index is 16.0. The summed E-state index contributed by atoms with van der Waals surface area (Å²) in [4.78, 5) is 0. The maximum Gasteiger partial charge on any atom is 2.00 e.